The van der Waals surface area contributed by atoms with Gasteiger partial charge in [-0.15, -0.1) is 0 Å². The summed E-state index contributed by atoms with van der Waals surface area (Å²) < 4.78 is 11.3. The lowest BCUT2D eigenvalue weighted by molar-refractivity contribution is 0.411. The van der Waals surface area contributed by atoms with E-state index in [4.69, 9.17) is 20.8 Å². The van der Waals surface area contributed by atoms with Gasteiger partial charge in [0.1, 0.15) is 11.3 Å². The number of benzene rings is 1. The number of methoxy groups -OCH3 is 1. The molecule has 0 amide bonds. The normalized spacial score (nSPS) is 19.6. The Morgan fingerprint density at radius 3 is 3.05 bits per heavy atom. The van der Waals surface area contributed by atoms with Gasteiger partial charge >= 0.3 is 0 Å². The highest BCUT2D eigenvalue weighted by molar-refractivity contribution is 6.33. The summed E-state index contributed by atoms with van der Waals surface area (Å²) in [6.45, 7) is 6.84. The van der Waals surface area contributed by atoms with Crippen molar-refractivity contribution >= 4 is 28.7 Å². The molecule has 108 valence electrons. The van der Waals surface area contributed by atoms with Gasteiger partial charge in [-0.05, 0) is 19.9 Å². The Labute approximate surface area is 122 Å². The highest BCUT2D eigenvalue weighted by Gasteiger charge is 2.24. The van der Waals surface area contributed by atoms with E-state index in [1.165, 1.54) is 0 Å². The fraction of sp³-hybridized carbons (Fsp3) is 0.500. The first-order valence-corrected chi connectivity index (χ1v) is 7.10. The second-order valence-corrected chi connectivity index (χ2v) is 5.52. The van der Waals surface area contributed by atoms with Crippen molar-refractivity contribution in [2.75, 3.05) is 31.6 Å². The monoisotopic (exact) mass is 295 g/mol. The number of aromatic nitrogens is 1. The minimum atomic E-state index is 0.356. The maximum Gasteiger partial charge on any atom is 0.298 e. The number of halogens is 1. The van der Waals surface area contributed by atoms with E-state index in [2.05, 4.69) is 22.1 Å². The number of nitrogens with one attached hydrogen (secondary N) is 1. The first-order valence-electron chi connectivity index (χ1n) is 6.72. The number of rotatable bonds is 2. The topological polar surface area (TPSA) is 50.5 Å². The molecule has 3 rings (SSSR count). The van der Waals surface area contributed by atoms with Crippen LogP contribution in [0.3, 0.4) is 0 Å². The van der Waals surface area contributed by atoms with Gasteiger partial charge < -0.3 is 19.4 Å². The third-order valence-electron chi connectivity index (χ3n) is 3.75. The minimum Gasteiger partial charge on any atom is -0.495 e. The summed E-state index contributed by atoms with van der Waals surface area (Å²) in [7, 11) is 1.61. The van der Waals surface area contributed by atoms with Crippen LogP contribution in [0, 0.1) is 6.92 Å². The molecule has 2 aromatic rings. The molecule has 0 aliphatic carbocycles. The van der Waals surface area contributed by atoms with Gasteiger partial charge in [-0.25, -0.2) is 0 Å². The Kier molecular flexibility index (Phi) is 3.48. The lowest BCUT2D eigenvalue weighted by atomic mass is 10.2. The lowest BCUT2D eigenvalue weighted by Crippen LogP contribution is -2.50. The van der Waals surface area contributed by atoms with Crippen molar-refractivity contribution in [1.29, 1.82) is 0 Å². The quantitative estimate of drug-likeness (QED) is 0.923. The van der Waals surface area contributed by atoms with Crippen molar-refractivity contribution < 1.29 is 9.15 Å². The average molecular weight is 296 g/mol. The van der Waals surface area contributed by atoms with E-state index in [1.807, 2.05) is 6.92 Å². The molecule has 2 heterocycles. The molecule has 0 unspecified atom stereocenters. The zero-order valence-corrected chi connectivity index (χ0v) is 12.6. The number of fused-ring (bicyclic) bond motifs is 1. The molecule has 1 saturated heterocycles. The highest BCUT2D eigenvalue weighted by atomic mass is 35.5. The molecule has 1 aliphatic heterocycles. The minimum absolute atomic E-state index is 0.356. The molecule has 5 nitrogen and oxygen atoms in total. The standard InChI is InChI=1S/C14H18ClN3O2/c1-8-7-16-4-5-18(8)14-17-11-6-10(15)12(19-3)9(2)13(11)20-14/h6,8,16H,4-5,7H2,1-3H3/t8-/m0/s1. The third-order valence-corrected chi connectivity index (χ3v) is 4.04. The SMILES string of the molecule is COc1c(Cl)cc2nc(N3CCNC[C@@H]3C)oc2c1C. The van der Waals surface area contributed by atoms with Crippen LogP contribution in [0.4, 0.5) is 6.01 Å². The molecule has 0 saturated carbocycles. The first-order chi connectivity index (χ1) is 9.61. The van der Waals surface area contributed by atoms with Gasteiger partial charge in [0.05, 0.1) is 12.1 Å². The van der Waals surface area contributed by atoms with Crippen molar-refractivity contribution in [3.8, 4) is 5.75 Å². The van der Waals surface area contributed by atoms with Crippen molar-refractivity contribution in [3.05, 3.63) is 16.7 Å². The van der Waals surface area contributed by atoms with Crippen LogP contribution in [0.2, 0.25) is 5.02 Å². The fourth-order valence-electron chi connectivity index (χ4n) is 2.65. The maximum absolute atomic E-state index is 6.20. The van der Waals surface area contributed by atoms with Crippen LogP contribution in [0.5, 0.6) is 5.75 Å². The number of nitrogens with zero attached hydrogens (tertiary/aromatic N) is 2. The van der Waals surface area contributed by atoms with Crippen molar-refractivity contribution in [2.24, 2.45) is 0 Å². The molecule has 0 spiro atoms. The zero-order chi connectivity index (χ0) is 14.3. The number of aryl methyl sites for hydroxylation is 1. The van der Waals surface area contributed by atoms with E-state index in [0.29, 0.717) is 22.8 Å². The summed E-state index contributed by atoms with van der Waals surface area (Å²) in [5.74, 6) is 0.648. The molecule has 1 aromatic carbocycles. The molecule has 1 aliphatic rings. The van der Waals surface area contributed by atoms with Crippen molar-refractivity contribution in [1.82, 2.24) is 10.3 Å². The highest BCUT2D eigenvalue weighted by Crippen LogP contribution is 2.36. The smallest absolute Gasteiger partial charge is 0.298 e. The van der Waals surface area contributed by atoms with Crippen molar-refractivity contribution in [3.63, 3.8) is 0 Å². The molecule has 0 radical (unpaired) electrons. The summed E-state index contributed by atoms with van der Waals surface area (Å²) in [5.41, 5.74) is 2.40. The molecule has 1 N–H and O–H groups in total. The zero-order valence-electron chi connectivity index (χ0n) is 11.9. The van der Waals surface area contributed by atoms with E-state index in [-0.39, 0.29) is 0 Å². The van der Waals surface area contributed by atoms with Gasteiger partial charge in [0.2, 0.25) is 0 Å². The Morgan fingerprint density at radius 1 is 1.55 bits per heavy atom. The fourth-order valence-corrected chi connectivity index (χ4v) is 2.98. The summed E-state index contributed by atoms with van der Waals surface area (Å²) >= 11 is 6.20. The Hall–Kier alpha value is -1.46. The van der Waals surface area contributed by atoms with Gasteiger partial charge in [0.15, 0.2) is 5.58 Å². The molecule has 6 heteroatoms. The summed E-state index contributed by atoms with van der Waals surface area (Å²) in [5, 5.41) is 3.92. The number of anilines is 1. The number of oxazole rings is 1. The van der Waals surface area contributed by atoms with Crippen LogP contribution < -0.4 is 15.0 Å². The van der Waals surface area contributed by atoms with E-state index >= 15 is 0 Å². The summed E-state index contributed by atoms with van der Waals surface area (Å²) in [6, 6.07) is 2.80. The van der Waals surface area contributed by atoms with Gasteiger partial charge in [-0.2, -0.15) is 4.98 Å². The molecule has 0 bridgehead atoms. The lowest BCUT2D eigenvalue weighted by Gasteiger charge is -2.32. The van der Waals surface area contributed by atoms with Crippen LogP contribution in [-0.4, -0.2) is 37.8 Å². The molecular formula is C14H18ClN3O2. The van der Waals surface area contributed by atoms with Crippen LogP contribution in [0.1, 0.15) is 12.5 Å². The summed E-state index contributed by atoms with van der Waals surface area (Å²) in [6.07, 6.45) is 0. The predicted molar refractivity (Wildman–Crippen MR) is 80.0 cm³/mol. The molecule has 1 fully saturated rings. The number of piperazine rings is 1. The Bertz CT molecular complexity index is 641. The van der Waals surface area contributed by atoms with Gasteiger partial charge in [0, 0.05) is 31.2 Å². The van der Waals surface area contributed by atoms with Crippen molar-refractivity contribution in [2.45, 2.75) is 19.9 Å². The largest absolute Gasteiger partial charge is 0.495 e. The van der Waals surface area contributed by atoms with E-state index in [0.717, 1.165) is 36.3 Å². The number of hydrogen-bond acceptors (Lipinski definition) is 5. The van der Waals surface area contributed by atoms with Gasteiger partial charge in [0.25, 0.3) is 6.01 Å². The Balaban J connectivity index is 2.08. The second kappa shape index (κ2) is 5.14. The number of ether oxygens (including phenoxy) is 1. The maximum atomic E-state index is 6.20. The number of hydrogen-bond donors (Lipinski definition) is 1. The van der Waals surface area contributed by atoms with Crippen LogP contribution in [-0.2, 0) is 0 Å². The predicted octanol–water partition coefficient (Wildman–Crippen LogP) is 2.60. The van der Waals surface area contributed by atoms with Crippen LogP contribution >= 0.6 is 11.6 Å². The molecule has 20 heavy (non-hydrogen) atoms. The van der Waals surface area contributed by atoms with Crippen LogP contribution in [0.15, 0.2) is 10.5 Å². The third kappa shape index (κ3) is 2.11. The van der Waals surface area contributed by atoms with Gasteiger partial charge in [-0.1, -0.05) is 11.6 Å². The Morgan fingerprint density at radius 2 is 2.35 bits per heavy atom. The first kappa shape index (κ1) is 13.5. The van der Waals surface area contributed by atoms with Gasteiger partial charge in [-0.3, -0.25) is 0 Å². The molecule has 1 atom stereocenters. The molecular weight excluding hydrogens is 278 g/mol. The average Bonchev–Trinajstić information content (AvgIpc) is 2.83. The second-order valence-electron chi connectivity index (χ2n) is 5.11. The summed E-state index contributed by atoms with van der Waals surface area (Å²) in [4.78, 5) is 6.75. The van der Waals surface area contributed by atoms with E-state index in [1.54, 1.807) is 13.2 Å². The van der Waals surface area contributed by atoms with Crippen LogP contribution in [0.25, 0.3) is 11.1 Å². The van der Waals surface area contributed by atoms with E-state index < -0.39 is 0 Å². The molecule has 1 aromatic heterocycles. The van der Waals surface area contributed by atoms with E-state index in [9.17, 15) is 0 Å².